The zero-order valence-corrected chi connectivity index (χ0v) is 40.8. The molecule has 1 aliphatic rings. The number of rotatable bonds is 35. The lowest BCUT2D eigenvalue weighted by molar-refractivity contribution is -0.319. The van der Waals surface area contributed by atoms with Crippen LogP contribution >= 0.6 is 12.2 Å². The van der Waals surface area contributed by atoms with Gasteiger partial charge in [-0.25, -0.2) is 4.79 Å². The topological polar surface area (TPSA) is 148 Å². The molecule has 1 unspecified atom stereocenters. The monoisotopic (exact) mass is 948 g/mol. The van der Waals surface area contributed by atoms with Crippen LogP contribution in [0.1, 0.15) is 146 Å². The van der Waals surface area contributed by atoms with E-state index in [1.807, 2.05) is 91.0 Å². The number of aliphatic hydroxyl groups excluding tert-OH is 1. The number of hydrogen-bond acceptors (Lipinski definition) is 12. The summed E-state index contributed by atoms with van der Waals surface area (Å²) in [4.78, 5) is 39.2. The highest BCUT2D eigenvalue weighted by atomic mass is 32.1. The summed E-state index contributed by atoms with van der Waals surface area (Å²) in [7, 11) is 0. The maximum Gasteiger partial charge on any atom is 0.407 e. The molecule has 3 aromatic rings. The molecule has 0 aliphatic carbocycles. The molecule has 2 N–H and O–H groups in total. The first-order valence-corrected chi connectivity index (χ1v) is 25.2. The lowest BCUT2D eigenvalue weighted by atomic mass is 9.95. The van der Waals surface area contributed by atoms with E-state index in [1.54, 1.807) is 6.92 Å². The van der Waals surface area contributed by atoms with E-state index in [1.165, 1.54) is 77.0 Å². The number of carbonyl (C=O) groups excluding carboxylic acids is 3. The summed E-state index contributed by atoms with van der Waals surface area (Å²) < 4.78 is 42.8. The zero-order valence-electron chi connectivity index (χ0n) is 40.0. The van der Waals surface area contributed by atoms with Gasteiger partial charge in [0.25, 0.3) is 0 Å². The standard InChI is InChI=1S/C54H77NO11S/c1-3-4-5-6-7-8-9-10-11-12-13-14-15-16-26-33-48(57)60-40-46(56)41-63-53-52(62-38-44-29-22-18-23-30-44)51(61-37-43-27-20-17-21-28-43)50(47(65-53)36-42(2)67)66-49(58)34-35-55-54(59)64-39-45-31-24-19-25-32-45/h17-25,27-32,46-47,50-53,56H,3-16,26,33-41H2,1-2H3,(H,55,59)/t46?,47-,50-,51+,52-,53+/m1/s1. The highest BCUT2D eigenvalue weighted by molar-refractivity contribution is 7.80. The van der Waals surface area contributed by atoms with Crippen LogP contribution in [-0.4, -0.2) is 84.6 Å². The fourth-order valence-electron chi connectivity index (χ4n) is 7.91. The molecule has 67 heavy (non-hydrogen) atoms. The summed E-state index contributed by atoms with van der Waals surface area (Å²) >= 11 is 5.54. The normalized spacial score (nSPS) is 18.5. The van der Waals surface area contributed by atoms with E-state index in [9.17, 15) is 19.5 Å². The Bertz CT molecular complexity index is 1790. The van der Waals surface area contributed by atoms with E-state index in [-0.39, 0.29) is 58.4 Å². The van der Waals surface area contributed by atoms with Gasteiger partial charge in [0.2, 0.25) is 0 Å². The van der Waals surface area contributed by atoms with Gasteiger partial charge in [0.05, 0.1) is 26.2 Å². The van der Waals surface area contributed by atoms with Gasteiger partial charge in [0, 0.05) is 19.4 Å². The fourth-order valence-corrected chi connectivity index (χ4v) is 8.07. The van der Waals surface area contributed by atoms with Gasteiger partial charge in [-0.15, -0.1) is 0 Å². The van der Waals surface area contributed by atoms with Crippen LogP contribution < -0.4 is 5.32 Å². The van der Waals surface area contributed by atoms with Crippen molar-refractivity contribution in [2.75, 3.05) is 19.8 Å². The third-order valence-corrected chi connectivity index (χ3v) is 11.8. The van der Waals surface area contributed by atoms with Gasteiger partial charge in [0.15, 0.2) is 12.4 Å². The van der Waals surface area contributed by atoms with Crippen LogP contribution in [0.3, 0.4) is 0 Å². The van der Waals surface area contributed by atoms with Crippen LogP contribution in [0.2, 0.25) is 0 Å². The molecular formula is C54H77NO11S. The Labute approximate surface area is 405 Å². The molecule has 0 bridgehead atoms. The number of ether oxygens (including phenoxy) is 7. The van der Waals surface area contributed by atoms with Crippen molar-refractivity contribution in [2.24, 2.45) is 0 Å². The molecule has 1 saturated heterocycles. The van der Waals surface area contributed by atoms with Gasteiger partial charge in [-0.3, -0.25) is 9.59 Å². The fraction of sp³-hybridized carbons (Fsp3) is 0.593. The maximum absolute atomic E-state index is 13.5. The first-order chi connectivity index (χ1) is 32.7. The highest BCUT2D eigenvalue weighted by Crippen LogP contribution is 2.33. The Morgan fingerprint density at radius 3 is 1.61 bits per heavy atom. The van der Waals surface area contributed by atoms with Crippen LogP contribution in [-0.2, 0) is 62.6 Å². The molecule has 13 heteroatoms. The van der Waals surface area contributed by atoms with Crippen molar-refractivity contribution in [3.8, 4) is 0 Å². The Kier molecular flexibility index (Phi) is 28.2. The molecule has 0 saturated carbocycles. The molecule has 6 atom stereocenters. The summed E-state index contributed by atoms with van der Waals surface area (Å²) in [6, 6.07) is 28.4. The van der Waals surface area contributed by atoms with Crippen LogP contribution in [0, 0.1) is 0 Å². The molecule has 0 spiro atoms. The average molecular weight is 948 g/mol. The molecule has 0 aromatic heterocycles. The quantitative estimate of drug-likeness (QED) is 0.0250. The number of nitrogens with one attached hydrogen (secondary N) is 1. The van der Waals surface area contributed by atoms with Crippen molar-refractivity contribution in [3.05, 3.63) is 108 Å². The molecule has 370 valence electrons. The number of unbranched alkanes of at least 4 members (excludes halogenated alkanes) is 14. The highest BCUT2D eigenvalue weighted by Gasteiger charge is 2.50. The summed E-state index contributed by atoms with van der Waals surface area (Å²) in [6.45, 7) is 3.89. The molecule has 0 radical (unpaired) electrons. The van der Waals surface area contributed by atoms with Crippen LogP contribution in [0.25, 0.3) is 0 Å². The van der Waals surface area contributed by atoms with Crippen molar-refractivity contribution in [1.82, 2.24) is 5.32 Å². The van der Waals surface area contributed by atoms with E-state index in [0.717, 1.165) is 36.0 Å². The van der Waals surface area contributed by atoms with E-state index < -0.39 is 48.9 Å². The Morgan fingerprint density at radius 2 is 1.09 bits per heavy atom. The van der Waals surface area contributed by atoms with E-state index in [4.69, 9.17) is 45.4 Å². The van der Waals surface area contributed by atoms with E-state index >= 15 is 0 Å². The van der Waals surface area contributed by atoms with Crippen molar-refractivity contribution < 1.29 is 52.6 Å². The molecule has 1 heterocycles. The smallest absolute Gasteiger partial charge is 0.407 e. The van der Waals surface area contributed by atoms with E-state index in [2.05, 4.69) is 12.2 Å². The lowest BCUT2D eigenvalue weighted by Gasteiger charge is -2.45. The predicted octanol–water partition coefficient (Wildman–Crippen LogP) is 11.1. The van der Waals surface area contributed by atoms with Gasteiger partial charge in [-0.2, -0.15) is 0 Å². The molecule has 1 aliphatic heterocycles. The Hall–Kier alpha value is -4.24. The van der Waals surface area contributed by atoms with Gasteiger partial charge in [-0.05, 0) is 34.9 Å². The van der Waals surface area contributed by atoms with Crippen molar-refractivity contribution in [1.29, 1.82) is 0 Å². The second kappa shape index (κ2) is 34.1. The number of aliphatic hydroxyl groups is 1. The second-order valence-corrected chi connectivity index (χ2v) is 18.2. The van der Waals surface area contributed by atoms with Crippen LogP contribution in [0.5, 0.6) is 0 Å². The number of carbonyl (C=O) groups is 3. The summed E-state index contributed by atoms with van der Waals surface area (Å²) in [5.74, 6) is -0.971. The third-order valence-electron chi connectivity index (χ3n) is 11.6. The van der Waals surface area contributed by atoms with Crippen molar-refractivity contribution >= 4 is 35.1 Å². The van der Waals surface area contributed by atoms with Crippen molar-refractivity contribution in [3.63, 3.8) is 0 Å². The number of alkyl carbamates (subject to hydrolysis) is 1. The summed E-state index contributed by atoms with van der Waals surface area (Å²) in [5, 5.41) is 13.6. The average Bonchev–Trinajstić information content (AvgIpc) is 3.33. The van der Waals surface area contributed by atoms with Gasteiger partial charge < -0.3 is 43.6 Å². The summed E-state index contributed by atoms with van der Waals surface area (Å²) in [6.07, 6.45) is 12.4. The van der Waals surface area contributed by atoms with Crippen LogP contribution in [0.15, 0.2) is 91.0 Å². The molecule has 12 nitrogen and oxygen atoms in total. The SMILES string of the molecule is CCCCCCCCCCCCCCCCCC(=O)OCC(O)CO[C@H]1O[C@H](CC(C)=S)[C@@H](OC(=O)CCNC(=O)OCc2ccccc2)[C@H](OCc2ccccc2)[C@H]1OCc1ccccc1. The number of benzene rings is 3. The van der Waals surface area contributed by atoms with E-state index in [0.29, 0.717) is 11.3 Å². The van der Waals surface area contributed by atoms with Crippen molar-refractivity contribution in [2.45, 2.75) is 186 Å². The number of thiocarbonyl (C=S) groups is 1. The molecular weight excluding hydrogens is 871 g/mol. The number of hydrogen-bond donors (Lipinski definition) is 2. The lowest BCUT2D eigenvalue weighted by Crippen LogP contribution is -2.61. The minimum absolute atomic E-state index is 0.0337. The summed E-state index contributed by atoms with van der Waals surface area (Å²) in [5.41, 5.74) is 2.58. The van der Waals surface area contributed by atoms with Gasteiger partial charge >= 0.3 is 18.0 Å². The number of amides is 1. The van der Waals surface area contributed by atoms with Gasteiger partial charge in [0.1, 0.15) is 37.6 Å². The predicted molar refractivity (Wildman–Crippen MR) is 263 cm³/mol. The minimum atomic E-state index is -1.15. The third kappa shape index (κ3) is 24.1. The zero-order chi connectivity index (χ0) is 47.7. The maximum atomic E-state index is 13.5. The van der Waals surface area contributed by atoms with Gasteiger partial charge in [-0.1, -0.05) is 200 Å². The second-order valence-electron chi connectivity index (χ2n) is 17.5. The number of esters is 2. The Balaban J connectivity index is 1.30. The first kappa shape index (κ1) is 55.4. The molecule has 3 aromatic carbocycles. The molecule has 1 amide bonds. The van der Waals surface area contributed by atoms with Crippen LogP contribution in [0.4, 0.5) is 4.79 Å². The molecule has 1 fully saturated rings. The largest absolute Gasteiger partial charge is 0.463 e. The first-order valence-electron chi connectivity index (χ1n) is 24.8. The Morgan fingerprint density at radius 1 is 0.597 bits per heavy atom. The molecule has 4 rings (SSSR count). The minimum Gasteiger partial charge on any atom is -0.463 e.